The van der Waals surface area contributed by atoms with Crippen LogP contribution in [0.15, 0.2) is 24.5 Å². The second-order valence-corrected chi connectivity index (χ2v) is 8.14. The van der Waals surface area contributed by atoms with Crippen molar-refractivity contribution < 1.29 is 17.9 Å². The number of ether oxygens (including phenoxy) is 1. The third-order valence-corrected chi connectivity index (χ3v) is 5.88. The van der Waals surface area contributed by atoms with Crippen molar-refractivity contribution in [2.45, 2.75) is 12.5 Å². The van der Waals surface area contributed by atoms with Crippen LogP contribution in [0.4, 0.5) is 0 Å². The number of nitrogens with zero attached hydrogens (tertiary/aromatic N) is 2. The standard InChI is InChI=1S/C15H21N3O4S/c1-23(20,21)18-6-4-13-12(9-18)10-22-14(13)8-17-15(19)11-3-2-5-16-7-11/h2-3,5,7,12-14H,4,6,8-10H2,1H3,(H,17,19)/t12-,13-,14-/m1/s1. The number of rotatable bonds is 4. The van der Waals surface area contributed by atoms with Crippen LogP contribution < -0.4 is 5.32 Å². The molecule has 2 saturated heterocycles. The minimum Gasteiger partial charge on any atom is -0.376 e. The summed E-state index contributed by atoms with van der Waals surface area (Å²) in [6.07, 6.45) is 5.11. The minimum atomic E-state index is -3.14. The Kier molecular flexibility index (Phi) is 4.65. The molecule has 1 aromatic rings. The summed E-state index contributed by atoms with van der Waals surface area (Å²) in [7, 11) is -3.14. The molecular formula is C15H21N3O4S. The van der Waals surface area contributed by atoms with Crippen molar-refractivity contribution in [3.8, 4) is 0 Å². The molecule has 2 aliphatic rings. The van der Waals surface area contributed by atoms with Crippen molar-refractivity contribution in [3.05, 3.63) is 30.1 Å². The van der Waals surface area contributed by atoms with E-state index >= 15 is 0 Å². The van der Waals surface area contributed by atoms with Crippen molar-refractivity contribution in [2.24, 2.45) is 11.8 Å². The summed E-state index contributed by atoms with van der Waals surface area (Å²) in [4.78, 5) is 16.0. The first kappa shape index (κ1) is 16.4. The second kappa shape index (κ2) is 6.54. The van der Waals surface area contributed by atoms with Gasteiger partial charge in [0.1, 0.15) is 0 Å². The van der Waals surface area contributed by atoms with Gasteiger partial charge in [-0.2, -0.15) is 0 Å². The van der Waals surface area contributed by atoms with Gasteiger partial charge in [-0.3, -0.25) is 9.78 Å². The molecule has 7 nitrogen and oxygen atoms in total. The van der Waals surface area contributed by atoms with E-state index < -0.39 is 10.0 Å². The number of hydrogen-bond acceptors (Lipinski definition) is 5. The number of carbonyl (C=O) groups excluding carboxylic acids is 1. The summed E-state index contributed by atoms with van der Waals surface area (Å²) in [6, 6.07) is 3.43. The molecule has 126 valence electrons. The van der Waals surface area contributed by atoms with Crippen molar-refractivity contribution in [1.82, 2.24) is 14.6 Å². The molecule has 0 radical (unpaired) electrons. The summed E-state index contributed by atoms with van der Waals surface area (Å²) >= 11 is 0. The Balaban J connectivity index is 1.55. The maximum atomic E-state index is 12.1. The first-order valence-corrected chi connectivity index (χ1v) is 9.55. The monoisotopic (exact) mass is 339 g/mol. The maximum Gasteiger partial charge on any atom is 0.252 e. The van der Waals surface area contributed by atoms with Crippen LogP contribution in [0.5, 0.6) is 0 Å². The van der Waals surface area contributed by atoms with Gasteiger partial charge in [-0.15, -0.1) is 0 Å². The summed E-state index contributed by atoms with van der Waals surface area (Å²) in [6.45, 7) is 2.02. The minimum absolute atomic E-state index is 0.0534. The Bertz CT molecular complexity index is 665. The summed E-state index contributed by atoms with van der Waals surface area (Å²) in [5, 5.41) is 2.88. The van der Waals surface area contributed by atoms with Gasteiger partial charge in [0, 0.05) is 37.9 Å². The average Bonchev–Trinajstić information content (AvgIpc) is 2.95. The maximum absolute atomic E-state index is 12.1. The van der Waals surface area contributed by atoms with E-state index in [2.05, 4.69) is 10.3 Å². The summed E-state index contributed by atoms with van der Waals surface area (Å²) < 4.78 is 30.6. The summed E-state index contributed by atoms with van der Waals surface area (Å²) in [5.74, 6) is 0.333. The zero-order chi connectivity index (χ0) is 16.4. The Morgan fingerprint density at radius 3 is 3.04 bits per heavy atom. The van der Waals surface area contributed by atoms with E-state index in [1.54, 1.807) is 18.3 Å². The van der Waals surface area contributed by atoms with Crippen LogP contribution >= 0.6 is 0 Å². The smallest absolute Gasteiger partial charge is 0.252 e. The lowest BCUT2D eigenvalue weighted by molar-refractivity contribution is 0.0761. The molecule has 1 aromatic heterocycles. The number of sulfonamides is 1. The van der Waals surface area contributed by atoms with Crippen LogP contribution in [-0.4, -0.2) is 62.2 Å². The van der Waals surface area contributed by atoms with Gasteiger partial charge in [-0.25, -0.2) is 12.7 Å². The number of amides is 1. The van der Waals surface area contributed by atoms with Gasteiger partial charge in [-0.1, -0.05) is 0 Å². The molecule has 0 spiro atoms. The number of pyridine rings is 1. The fourth-order valence-corrected chi connectivity index (χ4v) is 4.26. The predicted octanol–water partition coefficient (Wildman–Crippen LogP) is 0.108. The number of fused-ring (bicyclic) bond motifs is 1. The Labute approximate surface area is 136 Å². The molecule has 3 atom stereocenters. The highest BCUT2D eigenvalue weighted by atomic mass is 32.2. The Morgan fingerprint density at radius 2 is 2.35 bits per heavy atom. The first-order chi connectivity index (χ1) is 10.9. The van der Waals surface area contributed by atoms with E-state index in [4.69, 9.17) is 4.74 Å². The van der Waals surface area contributed by atoms with Gasteiger partial charge in [0.05, 0.1) is 24.5 Å². The highest BCUT2D eigenvalue weighted by molar-refractivity contribution is 7.88. The molecule has 0 unspecified atom stereocenters. The van der Waals surface area contributed by atoms with Gasteiger partial charge in [-0.05, 0) is 24.5 Å². The van der Waals surface area contributed by atoms with E-state index in [0.717, 1.165) is 6.42 Å². The second-order valence-electron chi connectivity index (χ2n) is 6.16. The van der Waals surface area contributed by atoms with Crippen molar-refractivity contribution in [1.29, 1.82) is 0 Å². The highest BCUT2D eigenvalue weighted by Crippen LogP contribution is 2.34. The van der Waals surface area contributed by atoms with Crippen molar-refractivity contribution in [2.75, 3.05) is 32.5 Å². The molecule has 0 aromatic carbocycles. The van der Waals surface area contributed by atoms with Crippen LogP contribution in [0.2, 0.25) is 0 Å². The van der Waals surface area contributed by atoms with Crippen LogP contribution in [-0.2, 0) is 14.8 Å². The van der Waals surface area contributed by atoms with Gasteiger partial charge in [0.2, 0.25) is 10.0 Å². The van der Waals surface area contributed by atoms with Crippen LogP contribution in [0.1, 0.15) is 16.8 Å². The van der Waals surface area contributed by atoms with E-state index in [1.165, 1.54) is 16.8 Å². The van der Waals surface area contributed by atoms with Crippen molar-refractivity contribution in [3.63, 3.8) is 0 Å². The SMILES string of the molecule is CS(=O)(=O)N1CC[C@@H]2[C@@H](CO[C@@H]2CNC(=O)c2cccnc2)C1. The third-order valence-electron chi connectivity index (χ3n) is 4.61. The molecule has 0 aliphatic carbocycles. The quantitative estimate of drug-likeness (QED) is 0.841. The lowest BCUT2D eigenvalue weighted by Gasteiger charge is -2.34. The molecule has 2 fully saturated rings. The largest absolute Gasteiger partial charge is 0.376 e. The number of carbonyl (C=O) groups is 1. The Morgan fingerprint density at radius 1 is 1.52 bits per heavy atom. The lowest BCUT2D eigenvalue weighted by Crippen LogP contribution is -2.45. The number of aromatic nitrogens is 1. The van der Waals surface area contributed by atoms with Gasteiger partial charge in [0.15, 0.2) is 0 Å². The zero-order valence-corrected chi connectivity index (χ0v) is 13.8. The molecule has 1 N–H and O–H groups in total. The molecule has 0 saturated carbocycles. The predicted molar refractivity (Wildman–Crippen MR) is 84.3 cm³/mol. The normalized spacial score (nSPS) is 28.3. The van der Waals surface area contributed by atoms with Crippen LogP contribution in [0, 0.1) is 11.8 Å². The molecule has 3 heterocycles. The highest BCUT2D eigenvalue weighted by Gasteiger charge is 2.42. The van der Waals surface area contributed by atoms with E-state index in [9.17, 15) is 13.2 Å². The summed E-state index contributed by atoms with van der Waals surface area (Å²) in [5.41, 5.74) is 0.522. The molecular weight excluding hydrogens is 318 g/mol. The topological polar surface area (TPSA) is 88.6 Å². The number of nitrogens with one attached hydrogen (secondary N) is 1. The molecule has 0 bridgehead atoms. The van der Waals surface area contributed by atoms with Crippen LogP contribution in [0.25, 0.3) is 0 Å². The fourth-order valence-electron chi connectivity index (χ4n) is 3.36. The van der Waals surface area contributed by atoms with Crippen molar-refractivity contribution >= 4 is 15.9 Å². The number of hydrogen-bond donors (Lipinski definition) is 1. The Hall–Kier alpha value is -1.51. The van der Waals surface area contributed by atoms with Gasteiger partial charge < -0.3 is 10.1 Å². The van der Waals surface area contributed by atoms with Gasteiger partial charge in [0.25, 0.3) is 5.91 Å². The zero-order valence-electron chi connectivity index (χ0n) is 13.0. The van der Waals surface area contributed by atoms with Gasteiger partial charge >= 0.3 is 0 Å². The molecule has 1 amide bonds. The van der Waals surface area contributed by atoms with E-state index in [-0.39, 0.29) is 17.9 Å². The van der Waals surface area contributed by atoms with E-state index in [1.807, 2.05) is 0 Å². The third kappa shape index (κ3) is 3.70. The lowest BCUT2D eigenvalue weighted by atomic mass is 9.85. The number of piperidine rings is 1. The molecule has 23 heavy (non-hydrogen) atoms. The molecule has 3 rings (SSSR count). The molecule has 2 aliphatic heterocycles. The van der Waals surface area contributed by atoms with Crippen LogP contribution in [0.3, 0.4) is 0 Å². The average molecular weight is 339 g/mol. The van der Waals surface area contributed by atoms with E-state index in [0.29, 0.717) is 37.7 Å². The first-order valence-electron chi connectivity index (χ1n) is 7.70. The molecule has 8 heteroatoms. The fraction of sp³-hybridized carbons (Fsp3) is 0.600.